The molecule has 0 saturated heterocycles. The first-order valence-corrected chi connectivity index (χ1v) is 21.8. The molecule has 13 aromatic rings. The molecule has 312 valence electrons. The smallest absolute Gasteiger partial charge is 0.227 e. The second-order valence-corrected chi connectivity index (χ2v) is 16.3. The van der Waals surface area contributed by atoms with Crippen LogP contribution in [0.1, 0.15) is 0 Å². The van der Waals surface area contributed by atoms with E-state index in [-0.39, 0.29) is 0 Å². The van der Waals surface area contributed by atoms with Crippen molar-refractivity contribution in [2.75, 3.05) is 0 Å². The van der Waals surface area contributed by atoms with E-state index in [2.05, 4.69) is 48.5 Å². The van der Waals surface area contributed by atoms with E-state index in [1.54, 1.807) is 12.4 Å². The van der Waals surface area contributed by atoms with E-state index in [1.165, 1.54) is 0 Å². The lowest BCUT2D eigenvalue weighted by molar-refractivity contribution is 0.623. The summed E-state index contributed by atoms with van der Waals surface area (Å²) in [7, 11) is 0. The van der Waals surface area contributed by atoms with Gasteiger partial charge in [0.25, 0.3) is 0 Å². The van der Waals surface area contributed by atoms with E-state index in [4.69, 9.17) is 49.3 Å². The minimum atomic E-state index is 0.399. The van der Waals surface area contributed by atoms with Crippen LogP contribution in [-0.2, 0) is 0 Å². The number of pyridine rings is 4. The van der Waals surface area contributed by atoms with Crippen LogP contribution < -0.4 is 0 Å². The second kappa shape index (κ2) is 15.7. The molecule has 0 spiro atoms. The fourth-order valence-electron chi connectivity index (χ4n) is 8.76. The number of benzene rings is 6. The molecule has 0 aliphatic heterocycles. The Morgan fingerprint density at radius 2 is 0.776 bits per heavy atom. The molecule has 0 atom stereocenters. The Labute approximate surface area is 382 Å². The first-order chi connectivity index (χ1) is 33.1. The zero-order chi connectivity index (χ0) is 44.3. The molecule has 6 aromatic carbocycles. The van der Waals surface area contributed by atoms with E-state index < -0.39 is 0 Å². The van der Waals surface area contributed by atoms with Crippen LogP contribution in [0.15, 0.2) is 205 Å². The Hall–Kier alpha value is -9.41. The van der Waals surface area contributed by atoms with Crippen molar-refractivity contribution in [1.82, 2.24) is 44.9 Å². The van der Waals surface area contributed by atoms with Gasteiger partial charge in [-0.3, -0.25) is 19.9 Å². The average molecular weight is 860 g/mol. The normalized spacial score (nSPS) is 11.6. The molecule has 0 fully saturated rings. The van der Waals surface area contributed by atoms with Crippen LogP contribution in [0.25, 0.3) is 134 Å². The van der Waals surface area contributed by atoms with Crippen LogP contribution in [0.2, 0.25) is 0 Å². The molecule has 7 heterocycles. The van der Waals surface area contributed by atoms with Crippen molar-refractivity contribution in [1.29, 1.82) is 0 Å². The third-order valence-electron chi connectivity index (χ3n) is 12.0. The van der Waals surface area contributed by atoms with Gasteiger partial charge in [0.1, 0.15) is 11.0 Å². The van der Waals surface area contributed by atoms with E-state index in [9.17, 15) is 0 Å². The Morgan fingerprint density at radius 3 is 1.33 bits per heavy atom. The molecular weight excluding hydrogens is 827 g/mol. The zero-order valence-electron chi connectivity index (χ0n) is 35.5. The van der Waals surface area contributed by atoms with Crippen LogP contribution in [0, 0.1) is 0 Å². The van der Waals surface area contributed by atoms with Gasteiger partial charge in [0, 0.05) is 85.3 Å². The lowest BCUT2D eigenvalue weighted by atomic mass is 10.0. The fourth-order valence-corrected chi connectivity index (χ4v) is 8.76. The maximum Gasteiger partial charge on any atom is 0.227 e. The standard InChI is InChI=1S/C57H33N9O/c1-3-13-34(14-4-1)47-30-49(41-25-36-17-7-9-21-45(36)60-32-41)64-55(62-47)38-27-39(29-40(28-38)57-66-53-43-19-11-23-58-51(43)52-44(54(53)67-57)20-12-24-59-52)56-63-48(35-15-5-2-6-16-35)31-50(65-56)42-26-37-18-8-10-22-46(37)61-33-42/h1-33H. The van der Waals surface area contributed by atoms with Crippen LogP contribution in [0.3, 0.4) is 0 Å². The molecule has 0 saturated carbocycles. The maximum absolute atomic E-state index is 6.83. The van der Waals surface area contributed by atoms with Crippen LogP contribution >= 0.6 is 0 Å². The van der Waals surface area contributed by atoms with Gasteiger partial charge in [-0.15, -0.1) is 0 Å². The van der Waals surface area contributed by atoms with Gasteiger partial charge in [0.2, 0.25) is 5.89 Å². The minimum absolute atomic E-state index is 0.399. The van der Waals surface area contributed by atoms with Crippen molar-refractivity contribution in [2.24, 2.45) is 0 Å². The van der Waals surface area contributed by atoms with Gasteiger partial charge in [-0.05, 0) is 78.9 Å². The lowest BCUT2D eigenvalue weighted by Gasteiger charge is -2.13. The third kappa shape index (κ3) is 6.88. The predicted molar refractivity (Wildman–Crippen MR) is 264 cm³/mol. The van der Waals surface area contributed by atoms with Crippen molar-refractivity contribution in [3.63, 3.8) is 0 Å². The SMILES string of the molecule is c1ccc(-c2cc(-c3cnc4ccccc4c3)nc(-c3cc(-c4nc(-c5ccccc5)cc(-c5cnc6ccccc6c5)n4)cc(-c4nc5c6cccnc6c6ncccc6c5o4)c3)n2)cc1. The van der Waals surface area contributed by atoms with Crippen molar-refractivity contribution in [3.8, 4) is 79.3 Å². The summed E-state index contributed by atoms with van der Waals surface area (Å²) in [5, 5.41) is 3.69. The summed E-state index contributed by atoms with van der Waals surface area (Å²) in [5.74, 6) is 1.38. The van der Waals surface area contributed by atoms with E-state index in [0.29, 0.717) is 45.3 Å². The van der Waals surface area contributed by atoms with Gasteiger partial charge >= 0.3 is 0 Å². The first kappa shape index (κ1) is 38.1. The van der Waals surface area contributed by atoms with E-state index >= 15 is 0 Å². The molecule has 0 aliphatic rings. The molecule has 0 amide bonds. The Bertz CT molecular complexity index is 3810. The summed E-state index contributed by atoms with van der Waals surface area (Å²) in [4.78, 5) is 45.4. The van der Waals surface area contributed by atoms with Gasteiger partial charge < -0.3 is 4.42 Å². The van der Waals surface area contributed by atoms with Gasteiger partial charge in [-0.1, -0.05) is 97.1 Å². The highest BCUT2D eigenvalue weighted by Crippen LogP contribution is 2.39. The van der Waals surface area contributed by atoms with Crippen molar-refractivity contribution >= 4 is 54.7 Å². The fraction of sp³-hybridized carbons (Fsp3) is 0. The summed E-state index contributed by atoms with van der Waals surface area (Å²) in [5.41, 5.74) is 13.3. The summed E-state index contributed by atoms with van der Waals surface area (Å²) in [6.45, 7) is 0. The highest BCUT2D eigenvalue weighted by atomic mass is 16.3. The summed E-state index contributed by atoms with van der Waals surface area (Å²) in [6.07, 6.45) is 7.28. The number of nitrogens with zero attached hydrogens (tertiary/aromatic N) is 9. The number of oxazole rings is 1. The molecular formula is C57H33N9O. The quantitative estimate of drug-likeness (QED) is 0.143. The molecule has 0 bridgehead atoms. The number of hydrogen-bond donors (Lipinski definition) is 0. The molecule has 0 unspecified atom stereocenters. The average Bonchev–Trinajstić information content (AvgIpc) is 3.87. The Balaban J connectivity index is 1.07. The van der Waals surface area contributed by atoms with Crippen LogP contribution in [0.5, 0.6) is 0 Å². The van der Waals surface area contributed by atoms with Crippen molar-refractivity contribution < 1.29 is 4.42 Å². The maximum atomic E-state index is 6.83. The summed E-state index contributed by atoms with van der Waals surface area (Å²) >= 11 is 0. The van der Waals surface area contributed by atoms with Crippen molar-refractivity contribution in [2.45, 2.75) is 0 Å². The first-order valence-electron chi connectivity index (χ1n) is 21.8. The van der Waals surface area contributed by atoms with Gasteiger partial charge in [0.15, 0.2) is 17.2 Å². The summed E-state index contributed by atoms with van der Waals surface area (Å²) in [6, 6.07) is 58.6. The van der Waals surface area contributed by atoms with E-state index in [0.717, 1.165) is 88.6 Å². The second-order valence-electron chi connectivity index (χ2n) is 16.3. The molecule has 10 heteroatoms. The number of fused-ring (bicyclic) bond motifs is 8. The highest BCUT2D eigenvalue weighted by Gasteiger charge is 2.21. The highest BCUT2D eigenvalue weighted by molar-refractivity contribution is 6.20. The number of para-hydroxylation sites is 2. The number of aromatic nitrogens is 9. The summed E-state index contributed by atoms with van der Waals surface area (Å²) < 4.78 is 6.83. The van der Waals surface area contributed by atoms with Gasteiger partial charge in [-0.25, -0.2) is 24.9 Å². The number of rotatable bonds is 7. The van der Waals surface area contributed by atoms with Crippen molar-refractivity contribution in [3.05, 3.63) is 201 Å². The molecule has 0 N–H and O–H groups in total. The lowest BCUT2D eigenvalue weighted by Crippen LogP contribution is -1.99. The molecule has 67 heavy (non-hydrogen) atoms. The van der Waals surface area contributed by atoms with Gasteiger partial charge in [-0.2, -0.15) is 0 Å². The third-order valence-corrected chi connectivity index (χ3v) is 12.0. The zero-order valence-corrected chi connectivity index (χ0v) is 35.5. The Kier molecular flexibility index (Phi) is 8.92. The Morgan fingerprint density at radius 1 is 0.313 bits per heavy atom. The van der Waals surface area contributed by atoms with Crippen LogP contribution in [0.4, 0.5) is 0 Å². The minimum Gasteiger partial charge on any atom is -0.435 e. The molecule has 13 rings (SSSR count). The van der Waals surface area contributed by atoms with Gasteiger partial charge in [0.05, 0.1) is 39.3 Å². The largest absolute Gasteiger partial charge is 0.435 e. The molecule has 10 nitrogen and oxygen atoms in total. The molecule has 7 aromatic heterocycles. The number of hydrogen-bond acceptors (Lipinski definition) is 10. The molecule has 0 radical (unpaired) electrons. The van der Waals surface area contributed by atoms with Crippen LogP contribution in [-0.4, -0.2) is 44.9 Å². The topological polar surface area (TPSA) is 129 Å². The monoisotopic (exact) mass is 859 g/mol. The predicted octanol–water partition coefficient (Wildman–Crippen LogP) is 13.3. The van der Waals surface area contributed by atoms with E-state index in [1.807, 2.05) is 140 Å². The molecule has 0 aliphatic carbocycles.